The number of likely N-dealkylation sites (tertiary alicyclic amines) is 1. The summed E-state index contributed by atoms with van der Waals surface area (Å²) in [6.45, 7) is 9.55. The zero-order chi connectivity index (χ0) is 15.5. The molecular formula is C17H25N5. The lowest BCUT2D eigenvalue weighted by molar-refractivity contribution is 0.120. The predicted molar refractivity (Wildman–Crippen MR) is 86.4 cm³/mol. The summed E-state index contributed by atoms with van der Waals surface area (Å²) < 4.78 is 2.07. The summed E-state index contributed by atoms with van der Waals surface area (Å²) in [6.07, 6.45) is 6.35. The van der Waals surface area contributed by atoms with Gasteiger partial charge in [-0.3, -0.25) is 9.88 Å². The van der Waals surface area contributed by atoms with Gasteiger partial charge in [-0.05, 0) is 57.7 Å². The van der Waals surface area contributed by atoms with E-state index >= 15 is 0 Å². The van der Waals surface area contributed by atoms with Crippen molar-refractivity contribution in [1.29, 1.82) is 0 Å². The van der Waals surface area contributed by atoms with Crippen LogP contribution in [0.1, 0.15) is 43.0 Å². The van der Waals surface area contributed by atoms with Crippen LogP contribution in [-0.4, -0.2) is 37.7 Å². The molecule has 5 nitrogen and oxygen atoms in total. The summed E-state index contributed by atoms with van der Waals surface area (Å²) in [7, 11) is 0. The van der Waals surface area contributed by atoms with Crippen LogP contribution in [0, 0.1) is 19.8 Å². The number of aromatic nitrogens is 4. The zero-order valence-corrected chi connectivity index (χ0v) is 13.7. The van der Waals surface area contributed by atoms with Gasteiger partial charge in [-0.2, -0.15) is 5.10 Å². The molecule has 22 heavy (non-hydrogen) atoms. The van der Waals surface area contributed by atoms with Gasteiger partial charge in [-0.1, -0.05) is 6.07 Å². The van der Waals surface area contributed by atoms with E-state index in [1.807, 2.05) is 32.3 Å². The molecule has 0 bridgehead atoms. The van der Waals surface area contributed by atoms with E-state index in [9.17, 15) is 0 Å². The summed E-state index contributed by atoms with van der Waals surface area (Å²) in [5.41, 5.74) is 1.30. The number of hydrogen-bond donors (Lipinski definition) is 0. The number of aryl methyl sites for hydroxylation is 2. The maximum Gasteiger partial charge on any atom is 0.147 e. The largest absolute Gasteiger partial charge is 0.296 e. The van der Waals surface area contributed by atoms with E-state index in [0.717, 1.165) is 24.7 Å². The van der Waals surface area contributed by atoms with Crippen LogP contribution in [0.15, 0.2) is 24.5 Å². The Balaban J connectivity index is 1.65. The van der Waals surface area contributed by atoms with Gasteiger partial charge >= 0.3 is 0 Å². The van der Waals surface area contributed by atoms with Crippen molar-refractivity contribution in [2.75, 3.05) is 13.1 Å². The van der Waals surface area contributed by atoms with Crippen LogP contribution in [0.3, 0.4) is 0 Å². The minimum atomic E-state index is 0.426. The van der Waals surface area contributed by atoms with E-state index in [2.05, 4.69) is 37.6 Å². The molecule has 0 aliphatic carbocycles. The van der Waals surface area contributed by atoms with E-state index in [1.165, 1.54) is 24.9 Å². The molecule has 3 rings (SSSR count). The molecule has 1 aliphatic rings. The monoisotopic (exact) mass is 299 g/mol. The van der Waals surface area contributed by atoms with Crippen molar-refractivity contribution in [3.8, 4) is 0 Å². The molecule has 1 aliphatic heterocycles. The number of pyridine rings is 1. The molecule has 118 valence electrons. The fourth-order valence-corrected chi connectivity index (χ4v) is 3.41. The first-order valence-electron chi connectivity index (χ1n) is 8.15. The van der Waals surface area contributed by atoms with E-state index in [1.54, 1.807) is 0 Å². The van der Waals surface area contributed by atoms with Crippen LogP contribution < -0.4 is 0 Å². The SMILES string of the molecule is Cc1nc(C)n(CC2CCCN(C(C)c3cccnc3)C2)n1. The molecule has 1 fully saturated rings. The van der Waals surface area contributed by atoms with Gasteiger partial charge in [0.2, 0.25) is 0 Å². The van der Waals surface area contributed by atoms with Crippen molar-refractivity contribution < 1.29 is 0 Å². The highest BCUT2D eigenvalue weighted by Gasteiger charge is 2.25. The lowest BCUT2D eigenvalue weighted by atomic mass is 9.95. The van der Waals surface area contributed by atoms with Gasteiger partial charge in [0.15, 0.2) is 0 Å². The molecule has 0 saturated carbocycles. The summed E-state index contributed by atoms with van der Waals surface area (Å²) in [5.74, 6) is 2.54. The molecule has 5 heteroatoms. The predicted octanol–water partition coefficient (Wildman–Crippen LogP) is 2.76. The minimum absolute atomic E-state index is 0.426. The maximum atomic E-state index is 4.51. The summed E-state index contributed by atoms with van der Waals surface area (Å²) in [5, 5.41) is 4.51. The minimum Gasteiger partial charge on any atom is -0.296 e. The second-order valence-electron chi connectivity index (χ2n) is 6.35. The van der Waals surface area contributed by atoms with Gasteiger partial charge in [0.25, 0.3) is 0 Å². The Morgan fingerprint density at radius 1 is 1.36 bits per heavy atom. The highest BCUT2D eigenvalue weighted by molar-refractivity contribution is 5.13. The van der Waals surface area contributed by atoms with Crippen molar-refractivity contribution in [3.05, 3.63) is 41.7 Å². The van der Waals surface area contributed by atoms with Gasteiger partial charge in [-0.15, -0.1) is 0 Å². The lowest BCUT2D eigenvalue weighted by Crippen LogP contribution is -2.38. The summed E-state index contributed by atoms with van der Waals surface area (Å²) in [4.78, 5) is 11.2. The lowest BCUT2D eigenvalue weighted by Gasteiger charge is -2.37. The number of piperidine rings is 1. The van der Waals surface area contributed by atoms with Crippen LogP contribution in [0.25, 0.3) is 0 Å². The van der Waals surface area contributed by atoms with E-state index in [0.29, 0.717) is 12.0 Å². The first-order valence-corrected chi connectivity index (χ1v) is 8.15. The number of hydrogen-bond acceptors (Lipinski definition) is 4. The smallest absolute Gasteiger partial charge is 0.147 e. The van der Waals surface area contributed by atoms with Crippen molar-refractivity contribution in [2.45, 2.75) is 46.2 Å². The Morgan fingerprint density at radius 2 is 2.23 bits per heavy atom. The fraction of sp³-hybridized carbons (Fsp3) is 0.588. The van der Waals surface area contributed by atoms with Crippen LogP contribution in [0.4, 0.5) is 0 Å². The van der Waals surface area contributed by atoms with Gasteiger partial charge in [0, 0.05) is 31.5 Å². The molecule has 0 aromatic carbocycles. The fourth-order valence-electron chi connectivity index (χ4n) is 3.41. The van der Waals surface area contributed by atoms with Gasteiger partial charge in [0.05, 0.1) is 0 Å². The third-order valence-corrected chi connectivity index (χ3v) is 4.66. The average molecular weight is 299 g/mol. The molecular weight excluding hydrogens is 274 g/mol. The molecule has 2 unspecified atom stereocenters. The molecule has 0 radical (unpaired) electrons. The van der Waals surface area contributed by atoms with Crippen molar-refractivity contribution in [2.24, 2.45) is 5.92 Å². The Hall–Kier alpha value is -1.75. The highest BCUT2D eigenvalue weighted by Crippen LogP contribution is 2.27. The first-order chi connectivity index (χ1) is 10.6. The van der Waals surface area contributed by atoms with Gasteiger partial charge < -0.3 is 0 Å². The Bertz CT molecular complexity index is 607. The van der Waals surface area contributed by atoms with Gasteiger partial charge in [0.1, 0.15) is 11.6 Å². The van der Waals surface area contributed by atoms with E-state index in [4.69, 9.17) is 0 Å². The third kappa shape index (κ3) is 3.35. The Labute approximate surface area is 132 Å². The average Bonchev–Trinajstić information content (AvgIpc) is 2.85. The second kappa shape index (κ2) is 6.57. The number of nitrogens with zero attached hydrogens (tertiary/aromatic N) is 5. The topological polar surface area (TPSA) is 46.8 Å². The molecule has 1 saturated heterocycles. The normalized spacial score (nSPS) is 21.0. The molecule has 2 atom stereocenters. The molecule has 3 heterocycles. The first kappa shape index (κ1) is 15.2. The summed E-state index contributed by atoms with van der Waals surface area (Å²) >= 11 is 0. The van der Waals surface area contributed by atoms with Crippen LogP contribution in [0.2, 0.25) is 0 Å². The standard InChI is InChI=1S/C17H25N5/c1-13(17-7-4-8-18-10-17)21-9-5-6-16(11-21)12-22-15(3)19-14(2)20-22/h4,7-8,10,13,16H,5-6,9,11-12H2,1-3H3. The maximum absolute atomic E-state index is 4.51. The molecule has 0 N–H and O–H groups in total. The van der Waals surface area contributed by atoms with E-state index in [-0.39, 0.29) is 0 Å². The quantitative estimate of drug-likeness (QED) is 0.871. The van der Waals surface area contributed by atoms with E-state index < -0.39 is 0 Å². The molecule has 0 spiro atoms. The number of rotatable bonds is 4. The third-order valence-electron chi connectivity index (χ3n) is 4.66. The highest BCUT2D eigenvalue weighted by atomic mass is 15.3. The van der Waals surface area contributed by atoms with Crippen molar-refractivity contribution in [3.63, 3.8) is 0 Å². The zero-order valence-electron chi connectivity index (χ0n) is 13.7. The van der Waals surface area contributed by atoms with Crippen LogP contribution in [0.5, 0.6) is 0 Å². The molecule has 2 aromatic heterocycles. The van der Waals surface area contributed by atoms with Crippen molar-refractivity contribution >= 4 is 0 Å². The van der Waals surface area contributed by atoms with Gasteiger partial charge in [-0.25, -0.2) is 9.67 Å². The Kier molecular flexibility index (Phi) is 4.52. The summed E-state index contributed by atoms with van der Waals surface area (Å²) in [6, 6.07) is 4.62. The molecule has 0 amide bonds. The Morgan fingerprint density at radius 3 is 2.91 bits per heavy atom. The van der Waals surface area contributed by atoms with Crippen LogP contribution in [-0.2, 0) is 6.54 Å². The van der Waals surface area contributed by atoms with Crippen LogP contribution >= 0.6 is 0 Å². The second-order valence-corrected chi connectivity index (χ2v) is 6.35. The van der Waals surface area contributed by atoms with Crippen molar-refractivity contribution in [1.82, 2.24) is 24.6 Å². The molecule has 2 aromatic rings.